The average molecular weight is 475 g/mol. The Balaban J connectivity index is 1.42. The van der Waals surface area contributed by atoms with E-state index in [0.29, 0.717) is 6.54 Å². The Hall–Kier alpha value is -2.09. The van der Waals surface area contributed by atoms with Crippen LogP contribution in [0.3, 0.4) is 0 Å². The number of amides is 2. The van der Waals surface area contributed by atoms with Gasteiger partial charge in [0.1, 0.15) is 0 Å². The molecule has 0 saturated carbocycles. The lowest BCUT2D eigenvalue weighted by atomic mass is 10.1. The minimum absolute atomic E-state index is 0.00633. The molecule has 0 spiro atoms. The Morgan fingerprint density at radius 2 is 1.67 bits per heavy atom. The van der Waals surface area contributed by atoms with Gasteiger partial charge in [-0.3, -0.25) is 9.59 Å². The molecule has 2 aromatic carbocycles. The monoisotopic (exact) mass is 475 g/mol. The van der Waals surface area contributed by atoms with E-state index in [1.807, 2.05) is 36.4 Å². The summed E-state index contributed by atoms with van der Waals surface area (Å²) in [5.41, 5.74) is 2.87. The summed E-state index contributed by atoms with van der Waals surface area (Å²) in [7, 11) is 0. The Morgan fingerprint density at radius 3 is 2.37 bits per heavy atom. The molecule has 2 aliphatic rings. The molecule has 2 amide bonds. The topological polar surface area (TPSA) is 52.7 Å². The maximum absolute atomic E-state index is 12.6. The maximum atomic E-state index is 12.6. The molecule has 0 radical (unpaired) electrons. The lowest BCUT2D eigenvalue weighted by Crippen LogP contribution is -2.28. The van der Waals surface area contributed by atoms with Gasteiger partial charge in [0.2, 0.25) is 11.8 Å². The van der Waals surface area contributed by atoms with Gasteiger partial charge in [0, 0.05) is 41.0 Å². The normalized spacial score (nSPS) is 19.6. The van der Waals surface area contributed by atoms with Gasteiger partial charge in [0.05, 0.1) is 11.6 Å². The lowest BCUT2D eigenvalue weighted by Gasteiger charge is -2.20. The molecule has 1 atom stereocenters. The van der Waals surface area contributed by atoms with Crippen molar-refractivity contribution in [1.82, 2.24) is 0 Å². The highest BCUT2D eigenvalue weighted by Gasteiger charge is 2.35. The predicted molar refractivity (Wildman–Crippen MR) is 116 cm³/mol. The highest BCUT2D eigenvalue weighted by atomic mass is 127. The van der Waals surface area contributed by atoms with Gasteiger partial charge in [-0.2, -0.15) is 0 Å². The van der Waals surface area contributed by atoms with Crippen molar-refractivity contribution in [2.75, 3.05) is 34.8 Å². The highest BCUT2D eigenvalue weighted by molar-refractivity contribution is 14.1. The molecular formula is C21H22IN3O2. The molecule has 1 N–H and O–H groups in total. The van der Waals surface area contributed by atoms with Gasteiger partial charge < -0.3 is 15.1 Å². The molecule has 2 heterocycles. The zero-order chi connectivity index (χ0) is 18.8. The van der Waals surface area contributed by atoms with E-state index in [1.165, 1.54) is 18.5 Å². The van der Waals surface area contributed by atoms with Crippen molar-refractivity contribution in [2.24, 2.45) is 5.92 Å². The number of benzene rings is 2. The van der Waals surface area contributed by atoms with Crippen molar-refractivity contribution in [3.8, 4) is 0 Å². The van der Waals surface area contributed by atoms with E-state index in [4.69, 9.17) is 0 Å². The van der Waals surface area contributed by atoms with Crippen molar-refractivity contribution in [2.45, 2.75) is 19.3 Å². The number of rotatable bonds is 4. The minimum Gasteiger partial charge on any atom is -0.372 e. The molecular weight excluding hydrogens is 453 g/mol. The van der Waals surface area contributed by atoms with Crippen LogP contribution in [0.1, 0.15) is 19.3 Å². The quantitative estimate of drug-likeness (QED) is 0.684. The van der Waals surface area contributed by atoms with Crippen LogP contribution >= 0.6 is 22.6 Å². The van der Waals surface area contributed by atoms with Crippen LogP contribution in [0.25, 0.3) is 0 Å². The highest BCUT2D eigenvalue weighted by Crippen LogP contribution is 2.29. The molecule has 2 fully saturated rings. The summed E-state index contributed by atoms with van der Waals surface area (Å²) in [6.07, 6.45) is 2.73. The number of hydrogen-bond donors (Lipinski definition) is 1. The summed E-state index contributed by atoms with van der Waals surface area (Å²) in [5.74, 6) is -0.415. The average Bonchev–Trinajstić information content (AvgIpc) is 3.34. The van der Waals surface area contributed by atoms with Gasteiger partial charge in [0.15, 0.2) is 0 Å². The van der Waals surface area contributed by atoms with Crippen molar-refractivity contribution >= 4 is 51.5 Å². The number of anilines is 3. The van der Waals surface area contributed by atoms with Crippen LogP contribution in [0.15, 0.2) is 48.5 Å². The molecule has 1 unspecified atom stereocenters. The van der Waals surface area contributed by atoms with E-state index in [9.17, 15) is 9.59 Å². The molecule has 2 saturated heterocycles. The first kappa shape index (κ1) is 18.3. The first-order valence-corrected chi connectivity index (χ1v) is 10.4. The number of para-hydroxylation sites is 1. The van der Waals surface area contributed by atoms with Crippen LogP contribution in [0.5, 0.6) is 0 Å². The molecule has 0 bridgehead atoms. The summed E-state index contributed by atoms with van der Waals surface area (Å²) in [5, 5.41) is 2.96. The molecule has 27 heavy (non-hydrogen) atoms. The standard InChI is InChI=1S/C21H22IN3O2/c22-18-5-1-2-6-19(18)23-21(27)15-13-20(26)25(14-15)17-9-7-16(8-10-17)24-11-3-4-12-24/h1-2,5-10,15H,3-4,11-14H2,(H,23,27). The third kappa shape index (κ3) is 3.95. The van der Waals surface area contributed by atoms with Gasteiger partial charge in [-0.1, -0.05) is 12.1 Å². The zero-order valence-electron chi connectivity index (χ0n) is 15.0. The van der Waals surface area contributed by atoms with Crippen LogP contribution in [0.2, 0.25) is 0 Å². The van der Waals surface area contributed by atoms with Crippen molar-refractivity contribution in [3.05, 3.63) is 52.1 Å². The number of carbonyl (C=O) groups excluding carboxylic acids is 2. The first-order valence-electron chi connectivity index (χ1n) is 9.32. The largest absolute Gasteiger partial charge is 0.372 e. The van der Waals surface area contributed by atoms with E-state index < -0.39 is 0 Å². The Bertz CT molecular complexity index is 847. The van der Waals surface area contributed by atoms with Crippen LogP contribution in [0, 0.1) is 9.49 Å². The van der Waals surface area contributed by atoms with Gasteiger partial charge in [-0.15, -0.1) is 0 Å². The third-order valence-electron chi connectivity index (χ3n) is 5.26. The lowest BCUT2D eigenvalue weighted by molar-refractivity contribution is -0.122. The summed E-state index contributed by atoms with van der Waals surface area (Å²) in [4.78, 5) is 29.2. The van der Waals surface area contributed by atoms with E-state index in [-0.39, 0.29) is 24.2 Å². The summed E-state index contributed by atoms with van der Waals surface area (Å²) < 4.78 is 0.988. The molecule has 2 aromatic rings. The third-order valence-corrected chi connectivity index (χ3v) is 6.20. The van der Waals surface area contributed by atoms with Gasteiger partial charge >= 0.3 is 0 Å². The van der Waals surface area contributed by atoms with E-state index in [2.05, 4.69) is 44.9 Å². The smallest absolute Gasteiger partial charge is 0.229 e. The number of halogens is 1. The van der Waals surface area contributed by atoms with Gasteiger partial charge in [0.25, 0.3) is 0 Å². The molecule has 5 nitrogen and oxygen atoms in total. The maximum Gasteiger partial charge on any atom is 0.229 e. The first-order chi connectivity index (χ1) is 13.1. The number of nitrogens with zero attached hydrogens (tertiary/aromatic N) is 2. The molecule has 0 aromatic heterocycles. The number of carbonyl (C=O) groups is 2. The fraction of sp³-hybridized carbons (Fsp3) is 0.333. The zero-order valence-corrected chi connectivity index (χ0v) is 17.2. The van der Waals surface area contributed by atoms with E-state index in [1.54, 1.807) is 4.90 Å². The summed E-state index contributed by atoms with van der Waals surface area (Å²) in [6.45, 7) is 2.63. The van der Waals surface area contributed by atoms with E-state index >= 15 is 0 Å². The minimum atomic E-state index is -0.327. The van der Waals surface area contributed by atoms with Crippen LogP contribution in [-0.2, 0) is 9.59 Å². The van der Waals surface area contributed by atoms with Crippen molar-refractivity contribution in [3.63, 3.8) is 0 Å². The molecule has 6 heteroatoms. The SMILES string of the molecule is O=C(Nc1ccccc1I)C1CC(=O)N(c2ccc(N3CCCC3)cc2)C1. The molecule has 2 aliphatic heterocycles. The fourth-order valence-corrected chi connectivity index (χ4v) is 4.27. The second-order valence-electron chi connectivity index (χ2n) is 7.09. The summed E-state index contributed by atoms with van der Waals surface area (Å²) >= 11 is 2.20. The molecule has 140 valence electrons. The fourth-order valence-electron chi connectivity index (χ4n) is 3.75. The van der Waals surface area contributed by atoms with Crippen LogP contribution < -0.4 is 15.1 Å². The second kappa shape index (κ2) is 7.88. The van der Waals surface area contributed by atoms with Crippen LogP contribution in [-0.4, -0.2) is 31.4 Å². The Labute approximate surface area is 172 Å². The van der Waals surface area contributed by atoms with Gasteiger partial charge in [-0.05, 0) is 71.8 Å². The molecule has 4 rings (SSSR count). The van der Waals surface area contributed by atoms with Crippen molar-refractivity contribution in [1.29, 1.82) is 0 Å². The Kier molecular flexibility index (Phi) is 5.33. The van der Waals surface area contributed by atoms with Gasteiger partial charge in [-0.25, -0.2) is 0 Å². The summed E-state index contributed by atoms with van der Waals surface area (Å²) in [6, 6.07) is 15.8. The van der Waals surface area contributed by atoms with Crippen molar-refractivity contribution < 1.29 is 9.59 Å². The number of hydrogen-bond acceptors (Lipinski definition) is 3. The number of nitrogens with one attached hydrogen (secondary N) is 1. The predicted octanol–water partition coefficient (Wildman–Crippen LogP) is 3.88. The second-order valence-corrected chi connectivity index (χ2v) is 8.25. The molecule has 0 aliphatic carbocycles. The Morgan fingerprint density at radius 1 is 1.00 bits per heavy atom. The van der Waals surface area contributed by atoms with Crippen LogP contribution in [0.4, 0.5) is 17.1 Å². The van der Waals surface area contributed by atoms with E-state index in [0.717, 1.165) is 28.0 Å².